The predicted octanol–water partition coefficient (Wildman–Crippen LogP) is 3.23. The number of anilines is 1. The van der Waals surface area contributed by atoms with Gasteiger partial charge in [-0.3, -0.25) is 4.79 Å². The Labute approximate surface area is 186 Å². The number of nitrogens with zero attached hydrogens (tertiary/aromatic N) is 2. The van der Waals surface area contributed by atoms with Crippen molar-refractivity contribution in [3.8, 4) is 0 Å². The van der Waals surface area contributed by atoms with E-state index in [1.54, 1.807) is 0 Å². The largest absolute Gasteiger partial charge is 0.480 e. The number of aryl methyl sites for hydroxylation is 2. The highest BCUT2D eigenvalue weighted by atomic mass is 16.4. The molecular formula is C24H38N4O3. The molecule has 0 radical (unpaired) electrons. The van der Waals surface area contributed by atoms with Crippen LogP contribution in [0.4, 0.5) is 5.82 Å². The summed E-state index contributed by atoms with van der Waals surface area (Å²) in [7, 11) is 0. The highest BCUT2D eigenvalue weighted by molar-refractivity contribution is 5.83. The lowest BCUT2D eigenvalue weighted by Gasteiger charge is -2.24. The molecule has 1 saturated carbocycles. The summed E-state index contributed by atoms with van der Waals surface area (Å²) in [5.41, 5.74) is 2.47. The first-order chi connectivity index (χ1) is 14.9. The molecule has 1 amide bonds. The molecule has 7 nitrogen and oxygen atoms in total. The van der Waals surface area contributed by atoms with Crippen molar-refractivity contribution in [3.63, 3.8) is 0 Å². The molecule has 3 rings (SSSR count). The average molecular weight is 431 g/mol. The lowest BCUT2D eigenvalue weighted by Crippen LogP contribution is -2.43. The summed E-state index contributed by atoms with van der Waals surface area (Å²) in [6, 6.07) is 4.13. The second-order valence-corrected chi connectivity index (χ2v) is 9.41. The third-order valence-electron chi connectivity index (χ3n) is 6.08. The van der Waals surface area contributed by atoms with Crippen molar-refractivity contribution < 1.29 is 14.7 Å². The van der Waals surface area contributed by atoms with E-state index in [0.29, 0.717) is 25.4 Å². The van der Waals surface area contributed by atoms with Gasteiger partial charge in [-0.15, -0.1) is 0 Å². The van der Waals surface area contributed by atoms with Gasteiger partial charge >= 0.3 is 5.97 Å². The van der Waals surface area contributed by atoms with Gasteiger partial charge in [0.1, 0.15) is 11.9 Å². The molecule has 3 N–H and O–H groups in total. The molecular weight excluding hydrogens is 392 g/mol. The number of carbonyl (C=O) groups is 2. The van der Waals surface area contributed by atoms with Crippen molar-refractivity contribution in [3.05, 3.63) is 23.4 Å². The van der Waals surface area contributed by atoms with Crippen LogP contribution in [0.15, 0.2) is 12.1 Å². The van der Waals surface area contributed by atoms with Crippen LogP contribution in [0, 0.1) is 5.92 Å². The SMILES string of the molecule is CC(C)CC(=O)NC(CCN(CCCCc1ccc2c(n1)NCCC2)C1CC1)C(=O)O. The molecule has 1 aromatic heterocycles. The van der Waals surface area contributed by atoms with Crippen molar-refractivity contribution >= 4 is 17.7 Å². The number of hydrogen-bond donors (Lipinski definition) is 3. The van der Waals surface area contributed by atoms with E-state index in [2.05, 4.69) is 27.7 Å². The molecule has 0 saturated heterocycles. The van der Waals surface area contributed by atoms with E-state index < -0.39 is 12.0 Å². The minimum Gasteiger partial charge on any atom is -0.480 e. The second-order valence-electron chi connectivity index (χ2n) is 9.41. The Bertz CT molecular complexity index is 748. The van der Waals surface area contributed by atoms with Gasteiger partial charge in [0.25, 0.3) is 0 Å². The Balaban J connectivity index is 1.41. The van der Waals surface area contributed by atoms with Gasteiger partial charge in [-0.25, -0.2) is 9.78 Å². The Morgan fingerprint density at radius 3 is 2.77 bits per heavy atom. The second kappa shape index (κ2) is 11.5. The van der Waals surface area contributed by atoms with Gasteiger partial charge in [0, 0.05) is 31.2 Å². The number of fused-ring (bicyclic) bond motifs is 1. The number of pyridine rings is 1. The van der Waals surface area contributed by atoms with Crippen LogP contribution in [0.25, 0.3) is 0 Å². The third-order valence-corrected chi connectivity index (χ3v) is 6.08. The minimum atomic E-state index is -0.944. The van der Waals surface area contributed by atoms with E-state index in [1.165, 1.54) is 24.8 Å². The minimum absolute atomic E-state index is 0.174. The molecule has 1 aliphatic heterocycles. The average Bonchev–Trinajstić information content (AvgIpc) is 3.56. The molecule has 2 aliphatic rings. The number of unbranched alkanes of at least 4 members (excludes halogenated alkanes) is 1. The van der Waals surface area contributed by atoms with Gasteiger partial charge in [0.15, 0.2) is 0 Å². The summed E-state index contributed by atoms with van der Waals surface area (Å²) >= 11 is 0. The zero-order valence-corrected chi connectivity index (χ0v) is 19.0. The number of carboxylic acid groups (broad SMARTS) is 1. The summed E-state index contributed by atoms with van der Waals surface area (Å²) in [6.07, 6.45) is 8.59. The number of amides is 1. The van der Waals surface area contributed by atoms with Gasteiger partial charge in [0.05, 0.1) is 0 Å². The molecule has 2 heterocycles. The van der Waals surface area contributed by atoms with Crippen LogP contribution in [0.2, 0.25) is 0 Å². The number of aliphatic carboxylic acids is 1. The van der Waals surface area contributed by atoms with Crippen LogP contribution in [0.1, 0.15) is 70.1 Å². The zero-order valence-electron chi connectivity index (χ0n) is 19.0. The summed E-state index contributed by atoms with van der Waals surface area (Å²) in [4.78, 5) is 30.8. The highest BCUT2D eigenvalue weighted by Gasteiger charge is 2.30. The van der Waals surface area contributed by atoms with Crippen molar-refractivity contribution in [2.75, 3.05) is 25.0 Å². The van der Waals surface area contributed by atoms with Crippen molar-refractivity contribution in [1.82, 2.24) is 15.2 Å². The fourth-order valence-electron chi connectivity index (χ4n) is 4.22. The molecule has 0 spiro atoms. The maximum atomic E-state index is 12.0. The van der Waals surface area contributed by atoms with Gasteiger partial charge in [0.2, 0.25) is 5.91 Å². The quantitative estimate of drug-likeness (QED) is 0.416. The van der Waals surface area contributed by atoms with E-state index in [0.717, 1.165) is 50.3 Å². The molecule has 1 atom stereocenters. The van der Waals surface area contributed by atoms with Gasteiger partial charge in [-0.1, -0.05) is 19.9 Å². The van der Waals surface area contributed by atoms with E-state index in [4.69, 9.17) is 4.98 Å². The first-order valence-corrected chi connectivity index (χ1v) is 11.9. The third kappa shape index (κ3) is 7.80. The van der Waals surface area contributed by atoms with Crippen LogP contribution in [-0.2, 0) is 22.4 Å². The number of rotatable bonds is 13. The Morgan fingerprint density at radius 1 is 1.26 bits per heavy atom. The van der Waals surface area contributed by atoms with Crippen molar-refractivity contribution in [1.29, 1.82) is 0 Å². The first-order valence-electron chi connectivity index (χ1n) is 11.9. The number of hydrogen-bond acceptors (Lipinski definition) is 5. The van der Waals surface area contributed by atoms with E-state index in [1.807, 2.05) is 13.8 Å². The standard InChI is InChI=1S/C24H38N4O3/c1-17(2)16-22(29)27-21(24(30)31)12-15-28(20-10-11-20)14-4-3-7-19-9-8-18-6-5-13-25-23(18)26-19/h8-9,17,20-21H,3-7,10-16H2,1-2H3,(H,25,26)(H,27,29)(H,30,31). The maximum Gasteiger partial charge on any atom is 0.326 e. The molecule has 1 aromatic rings. The van der Waals surface area contributed by atoms with Crippen LogP contribution in [0.3, 0.4) is 0 Å². The molecule has 172 valence electrons. The van der Waals surface area contributed by atoms with E-state index in [9.17, 15) is 14.7 Å². The zero-order chi connectivity index (χ0) is 22.2. The number of nitrogens with one attached hydrogen (secondary N) is 2. The number of aromatic nitrogens is 1. The molecule has 1 aliphatic carbocycles. The number of carboxylic acids is 1. The Morgan fingerprint density at radius 2 is 2.06 bits per heavy atom. The van der Waals surface area contributed by atoms with Gasteiger partial charge in [-0.2, -0.15) is 0 Å². The van der Waals surface area contributed by atoms with Gasteiger partial charge < -0.3 is 20.6 Å². The fourth-order valence-corrected chi connectivity index (χ4v) is 4.22. The molecule has 0 bridgehead atoms. The smallest absolute Gasteiger partial charge is 0.326 e. The molecule has 1 unspecified atom stereocenters. The lowest BCUT2D eigenvalue weighted by molar-refractivity contribution is -0.142. The van der Waals surface area contributed by atoms with E-state index >= 15 is 0 Å². The molecule has 1 fully saturated rings. The monoisotopic (exact) mass is 430 g/mol. The van der Waals surface area contributed by atoms with Crippen LogP contribution in [-0.4, -0.2) is 58.6 Å². The van der Waals surface area contributed by atoms with Crippen LogP contribution < -0.4 is 10.6 Å². The summed E-state index contributed by atoms with van der Waals surface area (Å²) in [5.74, 6) is 0.160. The van der Waals surface area contributed by atoms with Crippen LogP contribution >= 0.6 is 0 Å². The molecule has 7 heteroatoms. The normalized spacial score (nSPS) is 16.6. The summed E-state index contributed by atoms with van der Waals surface area (Å²) in [5, 5.41) is 15.6. The first kappa shape index (κ1) is 23.5. The molecule has 31 heavy (non-hydrogen) atoms. The van der Waals surface area contributed by atoms with Crippen molar-refractivity contribution in [2.24, 2.45) is 5.92 Å². The summed E-state index contributed by atoms with van der Waals surface area (Å²) in [6.45, 7) is 6.61. The van der Waals surface area contributed by atoms with Crippen molar-refractivity contribution in [2.45, 2.75) is 83.7 Å². The van der Waals surface area contributed by atoms with Gasteiger partial charge in [-0.05, 0) is 75.5 Å². The van der Waals surface area contributed by atoms with E-state index in [-0.39, 0.29) is 11.8 Å². The lowest BCUT2D eigenvalue weighted by atomic mass is 10.1. The maximum absolute atomic E-state index is 12.0. The summed E-state index contributed by atoms with van der Waals surface area (Å²) < 4.78 is 0. The number of carbonyl (C=O) groups excluding carboxylic acids is 1. The van der Waals surface area contributed by atoms with Crippen LogP contribution in [0.5, 0.6) is 0 Å². The highest BCUT2D eigenvalue weighted by Crippen LogP contribution is 2.27. The topological polar surface area (TPSA) is 94.6 Å². The fraction of sp³-hybridized carbons (Fsp3) is 0.708. The Kier molecular flexibility index (Phi) is 8.69. The predicted molar refractivity (Wildman–Crippen MR) is 122 cm³/mol. The Hall–Kier alpha value is -2.15. The molecule has 0 aromatic carbocycles.